The zero-order chi connectivity index (χ0) is 13.7. The Kier molecular flexibility index (Phi) is 5.00. The molecule has 102 valence electrons. The van der Waals surface area contributed by atoms with Crippen molar-refractivity contribution in [2.75, 3.05) is 6.54 Å². The van der Waals surface area contributed by atoms with Crippen LogP contribution in [-0.4, -0.2) is 17.6 Å². The molecule has 0 aliphatic heterocycles. The second-order valence-corrected chi connectivity index (χ2v) is 5.28. The summed E-state index contributed by atoms with van der Waals surface area (Å²) in [5.41, 5.74) is 0.716. The molecule has 1 aromatic carbocycles. The van der Waals surface area contributed by atoms with Gasteiger partial charge in [-0.05, 0) is 36.5 Å². The minimum Gasteiger partial charge on any atom is -0.387 e. The average molecular weight is 280 g/mol. The number of nitrogens with one attached hydrogen (secondary N) is 1. The number of allylic oxidation sites excluding steroid dienone is 2. The highest BCUT2D eigenvalue weighted by Crippen LogP contribution is 2.20. The van der Waals surface area contributed by atoms with Crippen molar-refractivity contribution in [2.24, 2.45) is 5.92 Å². The average Bonchev–Trinajstić information content (AvgIpc) is 2.88. The fourth-order valence-electron chi connectivity index (χ4n) is 2.22. The molecule has 3 nitrogen and oxygen atoms in total. The van der Waals surface area contributed by atoms with E-state index in [9.17, 15) is 9.90 Å². The molecule has 0 saturated heterocycles. The highest BCUT2D eigenvalue weighted by atomic mass is 35.5. The second kappa shape index (κ2) is 6.73. The van der Waals surface area contributed by atoms with Crippen LogP contribution in [0.5, 0.6) is 0 Å². The lowest BCUT2D eigenvalue weighted by molar-refractivity contribution is -0.122. The van der Waals surface area contributed by atoms with E-state index >= 15 is 0 Å². The molecule has 2 N–H and O–H groups in total. The van der Waals surface area contributed by atoms with Gasteiger partial charge in [0.2, 0.25) is 5.91 Å². The zero-order valence-corrected chi connectivity index (χ0v) is 11.4. The Morgan fingerprint density at radius 1 is 1.53 bits per heavy atom. The van der Waals surface area contributed by atoms with Crippen molar-refractivity contribution < 1.29 is 9.90 Å². The fourth-order valence-corrected chi connectivity index (χ4v) is 2.42. The molecule has 1 amide bonds. The third kappa shape index (κ3) is 4.37. The Morgan fingerprint density at radius 2 is 2.37 bits per heavy atom. The summed E-state index contributed by atoms with van der Waals surface area (Å²) < 4.78 is 0. The minimum absolute atomic E-state index is 0.0161. The van der Waals surface area contributed by atoms with Gasteiger partial charge in [-0.15, -0.1) is 0 Å². The van der Waals surface area contributed by atoms with Gasteiger partial charge >= 0.3 is 0 Å². The lowest BCUT2D eigenvalue weighted by Gasteiger charge is -2.13. The Bertz CT molecular complexity index is 473. The Labute approximate surface area is 118 Å². The molecule has 0 heterocycles. The van der Waals surface area contributed by atoms with Crippen LogP contribution in [0.25, 0.3) is 0 Å². The van der Waals surface area contributed by atoms with E-state index in [0.717, 1.165) is 12.8 Å². The summed E-state index contributed by atoms with van der Waals surface area (Å²) in [6.07, 6.45) is 6.08. The molecule has 0 fully saturated rings. The van der Waals surface area contributed by atoms with Gasteiger partial charge in [-0.3, -0.25) is 4.79 Å². The lowest BCUT2D eigenvalue weighted by Crippen LogP contribution is -2.29. The maximum absolute atomic E-state index is 11.7. The molecule has 4 heteroatoms. The SMILES string of the molecule is O=C(C[C@@H]1C=CCC1)NC[C@H](O)c1cccc(Cl)c1. The van der Waals surface area contributed by atoms with Crippen molar-refractivity contribution >= 4 is 17.5 Å². The molecular formula is C15H18ClNO2. The smallest absolute Gasteiger partial charge is 0.220 e. The molecule has 1 aromatic rings. The molecule has 0 aromatic heterocycles. The summed E-state index contributed by atoms with van der Waals surface area (Å²) >= 11 is 5.86. The number of hydrogen-bond acceptors (Lipinski definition) is 2. The first-order valence-corrected chi connectivity index (χ1v) is 6.90. The van der Waals surface area contributed by atoms with Gasteiger partial charge in [-0.2, -0.15) is 0 Å². The lowest BCUT2D eigenvalue weighted by atomic mass is 10.0. The summed E-state index contributed by atoms with van der Waals surface area (Å²) in [6, 6.07) is 7.04. The van der Waals surface area contributed by atoms with Crippen LogP contribution >= 0.6 is 11.6 Å². The number of halogens is 1. The molecule has 1 aliphatic carbocycles. The number of aliphatic hydroxyl groups excluding tert-OH is 1. The predicted octanol–water partition coefficient (Wildman–Crippen LogP) is 2.85. The van der Waals surface area contributed by atoms with Gasteiger partial charge < -0.3 is 10.4 Å². The van der Waals surface area contributed by atoms with Gasteiger partial charge in [0.25, 0.3) is 0 Å². The van der Waals surface area contributed by atoms with E-state index in [-0.39, 0.29) is 12.5 Å². The van der Waals surface area contributed by atoms with Crippen LogP contribution in [0.15, 0.2) is 36.4 Å². The molecule has 1 aliphatic rings. The highest BCUT2D eigenvalue weighted by Gasteiger charge is 2.15. The van der Waals surface area contributed by atoms with E-state index < -0.39 is 6.10 Å². The molecule has 0 saturated carbocycles. The first-order valence-electron chi connectivity index (χ1n) is 6.52. The summed E-state index contributed by atoms with van der Waals surface area (Å²) in [7, 11) is 0. The fraction of sp³-hybridized carbons (Fsp3) is 0.400. The van der Waals surface area contributed by atoms with Crippen LogP contribution in [0.1, 0.15) is 30.9 Å². The molecule has 2 atom stereocenters. The number of hydrogen-bond donors (Lipinski definition) is 2. The van der Waals surface area contributed by atoms with E-state index in [2.05, 4.69) is 17.5 Å². The minimum atomic E-state index is -0.721. The molecule has 2 rings (SSSR count). The van der Waals surface area contributed by atoms with E-state index in [1.165, 1.54) is 0 Å². The van der Waals surface area contributed by atoms with Gasteiger partial charge in [0.05, 0.1) is 6.10 Å². The molecule has 19 heavy (non-hydrogen) atoms. The molecule has 0 radical (unpaired) electrons. The van der Waals surface area contributed by atoms with E-state index in [0.29, 0.717) is 22.9 Å². The van der Waals surface area contributed by atoms with Crippen LogP contribution < -0.4 is 5.32 Å². The molecule has 0 bridgehead atoms. The second-order valence-electron chi connectivity index (χ2n) is 4.84. The van der Waals surface area contributed by atoms with Gasteiger partial charge in [0.1, 0.15) is 0 Å². The summed E-state index contributed by atoms with van der Waals surface area (Å²) in [5.74, 6) is 0.334. The highest BCUT2D eigenvalue weighted by molar-refractivity contribution is 6.30. The number of benzene rings is 1. The maximum Gasteiger partial charge on any atom is 0.220 e. The normalized spacial score (nSPS) is 19.4. The van der Waals surface area contributed by atoms with E-state index in [1.54, 1.807) is 24.3 Å². The Hall–Kier alpha value is -1.32. The summed E-state index contributed by atoms with van der Waals surface area (Å²) in [5, 5.41) is 13.3. The predicted molar refractivity (Wildman–Crippen MR) is 75.9 cm³/mol. The van der Waals surface area contributed by atoms with Gasteiger partial charge in [0.15, 0.2) is 0 Å². The van der Waals surface area contributed by atoms with Crippen LogP contribution in [0, 0.1) is 5.92 Å². The van der Waals surface area contributed by atoms with Crippen LogP contribution in [0.4, 0.5) is 0 Å². The van der Waals surface area contributed by atoms with Crippen molar-refractivity contribution in [3.05, 3.63) is 47.0 Å². The topological polar surface area (TPSA) is 49.3 Å². The van der Waals surface area contributed by atoms with Crippen molar-refractivity contribution in [3.63, 3.8) is 0 Å². The number of aliphatic hydroxyl groups is 1. The van der Waals surface area contributed by atoms with Crippen LogP contribution in [0.2, 0.25) is 5.02 Å². The molecule has 0 spiro atoms. The Morgan fingerprint density at radius 3 is 3.05 bits per heavy atom. The largest absolute Gasteiger partial charge is 0.387 e. The third-order valence-electron chi connectivity index (χ3n) is 3.29. The van der Waals surface area contributed by atoms with Crippen molar-refractivity contribution in [1.29, 1.82) is 0 Å². The maximum atomic E-state index is 11.7. The third-order valence-corrected chi connectivity index (χ3v) is 3.52. The van der Waals surface area contributed by atoms with Crippen molar-refractivity contribution in [3.8, 4) is 0 Å². The molecular weight excluding hydrogens is 262 g/mol. The van der Waals surface area contributed by atoms with E-state index in [4.69, 9.17) is 11.6 Å². The number of carbonyl (C=O) groups is 1. The Balaban J connectivity index is 1.78. The van der Waals surface area contributed by atoms with Crippen LogP contribution in [0.3, 0.4) is 0 Å². The summed E-state index contributed by atoms with van der Waals surface area (Å²) in [4.78, 5) is 11.7. The van der Waals surface area contributed by atoms with Crippen molar-refractivity contribution in [1.82, 2.24) is 5.32 Å². The quantitative estimate of drug-likeness (QED) is 0.814. The first-order chi connectivity index (χ1) is 9.15. The number of carbonyl (C=O) groups excluding carboxylic acids is 1. The standard InChI is InChI=1S/C15H18ClNO2/c16-13-7-3-6-12(9-13)14(18)10-17-15(19)8-11-4-1-2-5-11/h1,3-4,6-7,9,11,14,18H,2,5,8,10H2,(H,17,19)/t11-,14+/m1/s1. The van der Waals surface area contributed by atoms with Gasteiger partial charge in [-0.1, -0.05) is 35.9 Å². The first kappa shape index (κ1) is 14.1. The number of amides is 1. The van der Waals surface area contributed by atoms with Crippen molar-refractivity contribution in [2.45, 2.75) is 25.4 Å². The molecule has 0 unspecified atom stereocenters. The zero-order valence-electron chi connectivity index (χ0n) is 10.7. The van der Waals surface area contributed by atoms with Gasteiger partial charge in [-0.25, -0.2) is 0 Å². The van der Waals surface area contributed by atoms with E-state index in [1.807, 2.05) is 0 Å². The van der Waals surface area contributed by atoms with Gasteiger partial charge in [0, 0.05) is 18.0 Å². The summed E-state index contributed by atoms with van der Waals surface area (Å²) in [6.45, 7) is 0.218. The van der Waals surface area contributed by atoms with Crippen LogP contribution in [-0.2, 0) is 4.79 Å². The monoisotopic (exact) mass is 279 g/mol. The number of rotatable bonds is 5.